The number of fused-ring (bicyclic) bond motifs is 1. The Morgan fingerprint density at radius 3 is 2.83 bits per heavy atom. The van der Waals surface area contributed by atoms with Crippen LogP contribution in [0.25, 0.3) is 5.52 Å². The van der Waals surface area contributed by atoms with Crippen molar-refractivity contribution in [1.82, 2.24) is 14.6 Å². The molecular weight excluding hydrogens is 294 g/mol. The van der Waals surface area contributed by atoms with Crippen LogP contribution in [0.3, 0.4) is 0 Å². The van der Waals surface area contributed by atoms with Gasteiger partial charge in [0, 0.05) is 24.4 Å². The first-order valence-corrected chi connectivity index (χ1v) is 7.83. The lowest BCUT2D eigenvalue weighted by molar-refractivity contribution is -0.137. The zero-order valence-corrected chi connectivity index (χ0v) is 13.8. The van der Waals surface area contributed by atoms with Crippen molar-refractivity contribution < 1.29 is 9.90 Å². The third-order valence-electron chi connectivity index (χ3n) is 4.37. The number of aromatic nitrogens is 3. The van der Waals surface area contributed by atoms with E-state index in [9.17, 15) is 9.90 Å². The number of aliphatic hydroxyl groups is 1. The number of β-amino-alcohol motifs (C(OH)–C–C–N with tert-alkyl or cyclic N) is 1. The number of piperidine rings is 1. The van der Waals surface area contributed by atoms with Gasteiger partial charge in [0.05, 0.1) is 12.2 Å². The molecule has 1 saturated heterocycles. The summed E-state index contributed by atoms with van der Waals surface area (Å²) in [6.07, 6.45) is 4.55. The van der Waals surface area contributed by atoms with Crippen LogP contribution in [0.5, 0.6) is 0 Å². The van der Waals surface area contributed by atoms with Crippen LogP contribution in [0.4, 0.5) is 5.82 Å². The summed E-state index contributed by atoms with van der Waals surface area (Å²) < 4.78 is 1.79. The van der Waals surface area contributed by atoms with E-state index >= 15 is 0 Å². The highest BCUT2D eigenvalue weighted by molar-refractivity contribution is 5.84. The minimum absolute atomic E-state index is 0.0703. The first-order valence-electron chi connectivity index (χ1n) is 7.83. The maximum Gasteiger partial charge on any atom is 0.251 e. The van der Waals surface area contributed by atoms with E-state index in [1.165, 1.54) is 0 Å². The van der Waals surface area contributed by atoms with Crippen LogP contribution in [-0.2, 0) is 10.2 Å². The van der Waals surface area contributed by atoms with Gasteiger partial charge in [-0.2, -0.15) is 5.10 Å². The Morgan fingerprint density at radius 1 is 1.43 bits per heavy atom. The summed E-state index contributed by atoms with van der Waals surface area (Å²) in [6.45, 7) is 7.20. The van der Waals surface area contributed by atoms with Gasteiger partial charge in [-0.1, -0.05) is 20.8 Å². The fourth-order valence-electron chi connectivity index (χ4n) is 2.94. The summed E-state index contributed by atoms with van der Waals surface area (Å²) in [4.78, 5) is 17.9. The van der Waals surface area contributed by atoms with Gasteiger partial charge >= 0.3 is 0 Å². The number of rotatable bonds is 2. The van der Waals surface area contributed by atoms with Gasteiger partial charge in [0.1, 0.15) is 5.52 Å². The molecule has 23 heavy (non-hydrogen) atoms. The van der Waals surface area contributed by atoms with Crippen LogP contribution in [0, 0.1) is 0 Å². The number of carbonyl (C=O) groups excluding carboxylic acids is 1. The fraction of sp³-hybridized carbons (Fsp3) is 0.562. The van der Waals surface area contributed by atoms with Gasteiger partial charge < -0.3 is 15.7 Å². The number of nitrogens with two attached hydrogens (primary N) is 1. The third-order valence-corrected chi connectivity index (χ3v) is 4.37. The third kappa shape index (κ3) is 2.76. The molecule has 3 heterocycles. The van der Waals surface area contributed by atoms with Crippen LogP contribution >= 0.6 is 0 Å². The molecular formula is C16H23N5O2. The largest absolute Gasteiger partial charge is 0.378 e. The molecule has 1 aliphatic heterocycles. The zero-order valence-electron chi connectivity index (χ0n) is 13.8. The van der Waals surface area contributed by atoms with Gasteiger partial charge in [-0.3, -0.25) is 4.79 Å². The van der Waals surface area contributed by atoms with Crippen LogP contribution in [-0.4, -0.2) is 44.3 Å². The van der Waals surface area contributed by atoms with E-state index in [1.807, 2.05) is 11.0 Å². The summed E-state index contributed by atoms with van der Waals surface area (Å²) in [5.74, 6) is 0.0351. The normalized spacial score (nSPS) is 22.5. The molecule has 3 N–H and O–H groups in total. The SMILES string of the molecule is CC(C)(C)c1cc2c(N3CCC[C@@](O)(C(N)=O)C3)nccn2n1. The van der Waals surface area contributed by atoms with E-state index < -0.39 is 11.5 Å². The lowest BCUT2D eigenvalue weighted by Crippen LogP contribution is -2.56. The first-order chi connectivity index (χ1) is 10.7. The molecule has 0 saturated carbocycles. The van der Waals surface area contributed by atoms with Crippen molar-refractivity contribution in [2.24, 2.45) is 5.73 Å². The summed E-state index contributed by atoms with van der Waals surface area (Å²) in [5, 5.41) is 15.0. The highest BCUT2D eigenvalue weighted by Crippen LogP contribution is 2.30. The molecule has 7 heteroatoms. The van der Waals surface area contributed by atoms with Crippen molar-refractivity contribution in [3.63, 3.8) is 0 Å². The fourth-order valence-corrected chi connectivity index (χ4v) is 2.94. The van der Waals surface area contributed by atoms with Gasteiger partial charge in [0.15, 0.2) is 11.4 Å². The van der Waals surface area contributed by atoms with Gasteiger partial charge in [0.25, 0.3) is 5.91 Å². The smallest absolute Gasteiger partial charge is 0.251 e. The minimum atomic E-state index is -1.50. The van der Waals surface area contributed by atoms with Crippen LogP contribution < -0.4 is 10.6 Å². The van der Waals surface area contributed by atoms with E-state index in [-0.39, 0.29) is 12.0 Å². The number of hydrogen-bond donors (Lipinski definition) is 2. The van der Waals surface area contributed by atoms with Crippen LogP contribution in [0.15, 0.2) is 18.5 Å². The highest BCUT2D eigenvalue weighted by atomic mass is 16.3. The van der Waals surface area contributed by atoms with Crippen LogP contribution in [0.1, 0.15) is 39.3 Å². The molecule has 1 aliphatic rings. The minimum Gasteiger partial charge on any atom is -0.378 e. The summed E-state index contributed by atoms with van der Waals surface area (Å²) in [6, 6.07) is 2.01. The molecule has 3 rings (SSSR count). The predicted molar refractivity (Wildman–Crippen MR) is 87.3 cm³/mol. The number of amides is 1. The maximum absolute atomic E-state index is 11.6. The lowest BCUT2D eigenvalue weighted by atomic mass is 9.91. The Balaban J connectivity index is 2.03. The number of hydrogen-bond acceptors (Lipinski definition) is 5. The second-order valence-electron chi connectivity index (χ2n) is 7.28. The highest BCUT2D eigenvalue weighted by Gasteiger charge is 2.39. The molecule has 2 aromatic rings. The average molecular weight is 317 g/mol. The van der Waals surface area contributed by atoms with Gasteiger partial charge in [-0.25, -0.2) is 9.50 Å². The number of carbonyl (C=O) groups is 1. The van der Waals surface area contributed by atoms with Crippen molar-refractivity contribution in [2.75, 3.05) is 18.0 Å². The Hall–Kier alpha value is -2.15. The van der Waals surface area contributed by atoms with E-state index in [1.54, 1.807) is 16.9 Å². The molecule has 0 aromatic carbocycles. The average Bonchev–Trinajstić information content (AvgIpc) is 2.91. The molecule has 7 nitrogen and oxygen atoms in total. The second kappa shape index (κ2) is 5.19. The molecule has 0 bridgehead atoms. The van der Waals surface area contributed by atoms with Crippen molar-refractivity contribution in [3.05, 3.63) is 24.2 Å². The molecule has 2 aromatic heterocycles. The molecule has 124 valence electrons. The standard InChI is InChI=1S/C16H23N5O2/c1-15(2,3)12-9-11-13(18-6-8-21(11)19-12)20-7-4-5-16(23,10-20)14(17)22/h6,8-9,23H,4-5,7,10H2,1-3H3,(H2,17,22)/t16-/m0/s1. The number of primary amides is 1. The van der Waals surface area contributed by atoms with E-state index in [4.69, 9.17) is 5.73 Å². The molecule has 1 amide bonds. The summed E-state index contributed by atoms with van der Waals surface area (Å²) in [7, 11) is 0. The van der Waals surface area contributed by atoms with Crippen molar-refractivity contribution in [1.29, 1.82) is 0 Å². The van der Waals surface area contributed by atoms with Gasteiger partial charge in [-0.05, 0) is 18.9 Å². The van der Waals surface area contributed by atoms with E-state index in [2.05, 4.69) is 30.9 Å². The Kier molecular flexibility index (Phi) is 3.55. The summed E-state index contributed by atoms with van der Waals surface area (Å²) >= 11 is 0. The van der Waals surface area contributed by atoms with Gasteiger partial charge in [-0.15, -0.1) is 0 Å². The van der Waals surface area contributed by atoms with Crippen molar-refractivity contribution in [2.45, 2.75) is 44.6 Å². The molecule has 1 atom stereocenters. The lowest BCUT2D eigenvalue weighted by Gasteiger charge is -2.37. The second-order valence-corrected chi connectivity index (χ2v) is 7.28. The summed E-state index contributed by atoms with van der Waals surface area (Å²) in [5.41, 5.74) is 5.62. The first kappa shape index (κ1) is 15.7. The molecule has 1 fully saturated rings. The molecule has 0 spiro atoms. The van der Waals surface area contributed by atoms with Gasteiger partial charge in [0.2, 0.25) is 0 Å². The van der Waals surface area contributed by atoms with Crippen molar-refractivity contribution >= 4 is 17.2 Å². The Labute approximate surface area is 135 Å². The Morgan fingerprint density at radius 2 is 2.17 bits per heavy atom. The predicted octanol–water partition coefficient (Wildman–Crippen LogP) is 0.843. The van der Waals surface area contributed by atoms with Crippen LogP contribution in [0.2, 0.25) is 0 Å². The Bertz CT molecular complexity index is 748. The van der Waals surface area contributed by atoms with E-state index in [0.29, 0.717) is 12.8 Å². The van der Waals surface area contributed by atoms with E-state index in [0.717, 1.165) is 23.6 Å². The quantitative estimate of drug-likeness (QED) is 0.855. The molecule has 0 radical (unpaired) electrons. The maximum atomic E-state index is 11.6. The topological polar surface area (TPSA) is 96.8 Å². The number of anilines is 1. The van der Waals surface area contributed by atoms with Crippen molar-refractivity contribution in [3.8, 4) is 0 Å². The monoisotopic (exact) mass is 317 g/mol. The molecule has 0 unspecified atom stereocenters. The molecule has 0 aliphatic carbocycles. The number of nitrogens with zero attached hydrogens (tertiary/aromatic N) is 4. The zero-order chi connectivity index (χ0) is 16.8.